The van der Waals surface area contributed by atoms with Crippen molar-refractivity contribution in [2.75, 3.05) is 0 Å². The molecule has 0 aliphatic heterocycles. The third kappa shape index (κ3) is 3.23. The minimum absolute atomic E-state index is 0.347. The van der Waals surface area contributed by atoms with Crippen molar-refractivity contribution in [1.29, 1.82) is 10.5 Å². The molecule has 14 heavy (non-hydrogen) atoms. The molecule has 1 aliphatic carbocycles. The van der Waals surface area contributed by atoms with Gasteiger partial charge in [0.05, 0.1) is 12.1 Å². The maximum atomic E-state index is 8.71. The first kappa shape index (κ1) is 10.8. The molecule has 0 aromatic carbocycles. The highest BCUT2D eigenvalue weighted by Crippen LogP contribution is 2.29. The predicted molar refractivity (Wildman–Crippen MR) is 55.1 cm³/mol. The summed E-state index contributed by atoms with van der Waals surface area (Å²) in [4.78, 5) is 0. The van der Waals surface area contributed by atoms with Gasteiger partial charge in [-0.2, -0.15) is 10.5 Å². The zero-order valence-electron chi connectivity index (χ0n) is 8.50. The summed E-state index contributed by atoms with van der Waals surface area (Å²) in [6, 6.07) is 4.33. The standard InChI is InChI=1S/C12H16N2/c13-9-7-11-5-3-1-2-4-6-12(11)8-10-14/h7,12H,1-6,8H2/b11-7-. The van der Waals surface area contributed by atoms with E-state index in [2.05, 4.69) is 12.1 Å². The highest BCUT2D eigenvalue weighted by atomic mass is 14.3. The van der Waals surface area contributed by atoms with E-state index < -0.39 is 0 Å². The van der Waals surface area contributed by atoms with E-state index in [1.54, 1.807) is 6.08 Å². The largest absolute Gasteiger partial charge is 0.198 e. The maximum absolute atomic E-state index is 8.71. The third-order valence-electron chi connectivity index (χ3n) is 2.88. The minimum atomic E-state index is 0.347. The second-order valence-corrected chi connectivity index (χ2v) is 3.86. The van der Waals surface area contributed by atoms with Gasteiger partial charge >= 0.3 is 0 Å². The average Bonchev–Trinajstić information content (AvgIpc) is 2.16. The minimum Gasteiger partial charge on any atom is -0.198 e. The van der Waals surface area contributed by atoms with Crippen molar-refractivity contribution in [3.8, 4) is 12.1 Å². The van der Waals surface area contributed by atoms with Gasteiger partial charge in [0.1, 0.15) is 0 Å². The van der Waals surface area contributed by atoms with E-state index in [1.807, 2.05) is 0 Å². The molecular formula is C12H16N2. The molecule has 1 saturated carbocycles. The Bertz CT molecular complexity index is 278. The summed E-state index contributed by atoms with van der Waals surface area (Å²) in [7, 11) is 0. The number of allylic oxidation sites excluding steroid dienone is 2. The molecular weight excluding hydrogens is 172 g/mol. The van der Waals surface area contributed by atoms with Crippen LogP contribution < -0.4 is 0 Å². The van der Waals surface area contributed by atoms with Crippen molar-refractivity contribution in [1.82, 2.24) is 0 Å². The molecule has 0 bridgehead atoms. The lowest BCUT2D eigenvalue weighted by Crippen LogP contribution is -2.06. The first-order valence-corrected chi connectivity index (χ1v) is 5.34. The SMILES string of the molecule is N#C/C=C1/CCCCCCC1CC#N. The van der Waals surface area contributed by atoms with Crippen LogP contribution in [0.3, 0.4) is 0 Å². The predicted octanol–water partition coefficient (Wildman–Crippen LogP) is 3.32. The number of nitriles is 2. The summed E-state index contributed by atoms with van der Waals surface area (Å²) in [5, 5.41) is 17.4. The van der Waals surface area contributed by atoms with Crippen molar-refractivity contribution >= 4 is 0 Å². The van der Waals surface area contributed by atoms with E-state index >= 15 is 0 Å². The summed E-state index contributed by atoms with van der Waals surface area (Å²) in [5.41, 5.74) is 1.20. The van der Waals surface area contributed by atoms with Gasteiger partial charge in [-0.1, -0.05) is 24.8 Å². The molecule has 0 aromatic rings. The van der Waals surface area contributed by atoms with Crippen LogP contribution in [0.25, 0.3) is 0 Å². The van der Waals surface area contributed by atoms with Crippen LogP contribution in [0.4, 0.5) is 0 Å². The maximum Gasteiger partial charge on any atom is 0.0911 e. The Labute approximate surface area is 85.8 Å². The van der Waals surface area contributed by atoms with Crippen molar-refractivity contribution in [3.63, 3.8) is 0 Å². The molecule has 2 nitrogen and oxygen atoms in total. The van der Waals surface area contributed by atoms with Crippen molar-refractivity contribution < 1.29 is 0 Å². The molecule has 0 spiro atoms. The fraction of sp³-hybridized carbons (Fsp3) is 0.667. The molecule has 1 aliphatic rings. The molecule has 1 atom stereocenters. The van der Waals surface area contributed by atoms with E-state index in [0.717, 1.165) is 12.8 Å². The Balaban J connectivity index is 2.67. The van der Waals surface area contributed by atoms with E-state index in [4.69, 9.17) is 10.5 Å². The zero-order valence-corrected chi connectivity index (χ0v) is 8.50. The molecule has 74 valence electrons. The van der Waals surface area contributed by atoms with Gasteiger partial charge < -0.3 is 0 Å². The van der Waals surface area contributed by atoms with Crippen molar-refractivity contribution in [3.05, 3.63) is 11.6 Å². The second-order valence-electron chi connectivity index (χ2n) is 3.86. The normalized spacial score (nSPS) is 25.9. The van der Waals surface area contributed by atoms with Gasteiger partial charge in [-0.15, -0.1) is 0 Å². The van der Waals surface area contributed by atoms with E-state index in [-0.39, 0.29) is 0 Å². The summed E-state index contributed by atoms with van der Waals surface area (Å²) in [5.74, 6) is 0.347. The number of hydrogen-bond donors (Lipinski definition) is 0. The number of rotatable bonds is 1. The van der Waals surface area contributed by atoms with Gasteiger partial charge in [0.25, 0.3) is 0 Å². The van der Waals surface area contributed by atoms with Crippen LogP contribution in [0.2, 0.25) is 0 Å². The van der Waals surface area contributed by atoms with Crippen LogP contribution in [0.1, 0.15) is 44.9 Å². The summed E-state index contributed by atoms with van der Waals surface area (Å²) in [6.07, 6.45) is 9.26. The van der Waals surface area contributed by atoms with Gasteiger partial charge in [0.15, 0.2) is 0 Å². The molecule has 2 heteroatoms. The average molecular weight is 188 g/mol. The van der Waals surface area contributed by atoms with Gasteiger partial charge in [-0.05, 0) is 25.2 Å². The Morgan fingerprint density at radius 2 is 2.00 bits per heavy atom. The van der Waals surface area contributed by atoms with E-state index in [1.165, 1.54) is 31.3 Å². The molecule has 0 saturated heterocycles. The highest BCUT2D eigenvalue weighted by Gasteiger charge is 2.15. The summed E-state index contributed by atoms with van der Waals surface area (Å²) >= 11 is 0. The Hall–Kier alpha value is -1.28. The quantitative estimate of drug-likeness (QED) is 0.592. The van der Waals surface area contributed by atoms with E-state index in [9.17, 15) is 0 Å². The lowest BCUT2D eigenvalue weighted by atomic mass is 9.85. The van der Waals surface area contributed by atoms with Crippen LogP contribution in [0, 0.1) is 28.6 Å². The highest BCUT2D eigenvalue weighted by molar-refractivity contribution is 5.17. The van der Waals surface area contributed by atoms with Crippen LogP contribution in [0.15, 0.2) is 11.6 Å². The number of hydrogen-bond acceptors (Lipinski definition) is 2. The van der Waals surface area contributed by atoms with Gasteiger partial charge in [0, 0.05) is 12.5 Å². The van der Waals surface area contributed by atoms with Crippen LogP contribution in [-0.4, -0.2) is 0 Å². The topological polar surface area (TPSA) is 47.6 Å². The van der Waals surface area contributed by atoms with Gasteiger partial charge in [-0.3, -0.25) is 0 Å². The Kier molecular flexibility index (Phi) is 4.79. The van der Waals surface area contributed by atoms with Gasteiger partial charge in [0.2, 0.25) is 0 Å². The monoisotopic (exact) mass is 188 g/mol. The number of nitrogens with zero attached hydrogens (tertiary/aromatic N) is 2. The Morgan fingerprint density at radius 1 is 1.21 bits per heavy atom. The van der Waals surface area contributed by atoms with Crippen molar-refractivity contribution in [2.24, 2.45) is 5.92 Å². The zero-order chi connectivity index (χ0) is 10.2. The molecule has 0 N–H and O–H groups in total. The smallest absolute Gasteiger partial charge is 0.0911 e. The van der Waals surface area contributed by atoms with Gasteiger partial charge in [-0.25, -0.2) is 0 Å². The summed E-state index contributed by atoms with van der Waals surface area (Å²) in [6.45, 7) is 0. The fourth-order valence-electron chi connectivity index (χ4n) is 2.08. The third-order valence-corrected chi connectivity index (χ3v) is 2.88. The second kappa shape index (κ2) is 6.22. The first-order valence-electron chi connectivity index (χ1n) is 5.34. The lowest BCUT2D eigenvalue weighted by Gasteiger charge is -2.19. The molecule has 0 heterocycles. The van der Waals surface area contributed by atoms with Crippen LogP contribution in [0.5, 0.6) is 0 Å². The molecule has 0 radical (unpaired) electrons. The molecule has 1 fully saturated rings. The summed E-state index contributed by atoms with van der Waals surface area (Å²) < 4.78 is 0. The molecule has 0 aromatic heterocycles. The fourth-order valence-corrected chi connectivity index (χ4v) is 2.08. The lowest BCUT2D eigenvalue weighted by molar-refractivity contribution is 0.466. The van der Waals surface area contributed by atoms with Crippen molar-refractivity contribution in [2.45, 2.75) is 44.9 Å². The Morgan fingerprint density at radius 3 is 2.71 bits per heavy atom. The first-order chi connectivity index (χ1) is 6.88. The molecule has 1 unspecified atom stereocenters. The van der Waals surface area contributed by atoms with Crippen LogP contribution in [-0.2, 0) is 0 Å². The molecule has 1 rings (SSSR count). The van der Waals surface area contributed by atoms with Crippen LogP contribution >= 0.6 is 0 Å². The van der Waals surface area contributed by atoms with E-state index in [0.29, 0.717) is 12.3 Å². The molecule has 0 amide bonds.